The summed E-state index contributed by atoms with van der Waals surface area (Å²) in [7, 11) is 0. The van der Waals surface area contributed by atoms with Crippen molar-refractivity contribution in [3.05, 3.63) is 62.3 Å². The second-order valence-corrected chi connectivity index (χ2v) is 8.39. The van der Waals surface area contributed by atoms with Crippen molar-refractivity contribution in [1.82, 2.24) is 14.5 Å². The topological polar surface area (TPSA) is 55.2 Å². The number of pyridine rings is 2. The van der Waals surface area contributed by atoms with Crippen molar-refractivity contribution in [3.8, 4) is 0 Å². The standard InChI is InChI=1S/C21H23N3O2S/c1-14-5-8-23(9-6-14)20(25)17-12-18-19(22-15(17)2)7-10-24(21(18)26)13-16-4-3-11-27-16/h3-4,7,10-12,14H,5-6,8-9,13H2,1-2H3. The molecule has 0 unspecified atom stereocenters. The van der Waals surface area contributed by atoms with E-state index in [-0.39, 0.29) is 11.5 Å². The van der Waals surface area contributed by atoms with Crippen LogP contribution in [0.1, 0.15) is 40.7 Å². The maximum Gasteiger partial charge on any atom is 0.260 e. The minimum atomic E-state index is -0.102. The fraction of sp³-hybridized carbons (Fsp3) is 0.381. The number of likely N-dealkylation sites (tertiary alicyclic amines) is 1. The summed E-state index contributed by atoms with van der Waals surface area (Å²) in [5, 5.41) is 2.51. The molecule has 140 valence electrons. The predicted octanol–water partition coefficient (Wildman–Crippen LogP) is 3.69. The first-order valence-corrected chi connectivity index (χ1v) is 10.2. The Hall–Kier alpha value is -2.47. The molecule has 4 heterocycles. The average Bonchev–Trinajstić information content (AvgIpc) is 3.17. The van der Waals surface area contributed by atoms with Crippen molar-refractivity contribution >= 4 is 28.1 Å². The molecule has 1 aliphatic rings. The number of hydrogen-bond donors (Lipinski definition) is 0. The van der Waals surface area contributed by atoms with Gasteiger partial charge >= 0.3 is 0 Å². The smallest absolute Gasteiger partial charge is 0.260 e. The van der Waals surface area contributed by atoms with Gasteiger partial charge in [0.25, 0.3) is 11.5 Å². The van der Waals surface area contributed by atoms with Gasteiger partial charge in [-0.15, -0.1) is 11.3 Å². The van der Waals surface area contributed by atoms with E-state index in [4.69, 9.17) is 0 Å². The van der Waals surface area contributed by atoms with Gasteiger partial charge in [0, 0.05) is 24.2 Å². The molecule has 0 aromatic carbocycles. The molecule has 4 rings (SSSR count). The summed E-state index contributed by atoms with van der Waals surface area (Å²) in [5.41, 5.74) is 1.77. The third-order valence-electron chi connectivity index (χ3n) is 5.35. The highest BCUT2D eigenvalue weighted by molar-refractivity contribution is 7.09. The minimum absolute atomic E-state index is 0.0122. The number of hydrogen-bond acceptors (Lipinski definition) is 4. The summed E-state index contributed by atoms with van der Waals surface area (Å²) >= 11 is 1.63. The second-order valence-electron chi connectivity index (χ2n) is 7.36. The zero-order chi connectivity index (χ0) is 19.0. The van der Waals surface area contributed by atoms with E-state index >= 15 is 0 Å². The van der Waals surface area contributed by atoms with Gasteiger partial charge in [0.2, 0.25) is 0 Å². The molecule has 1 aliphatic heterocycles. The van der Waals surface area contributed by atoms with Gasteiger partial charge in [-0.05, 0) is 49.3 Å². The van der Waals surface area contributed by atoms with Crippen molar-refractivity contribution in [3.63, 3.8) is 0 Å². The van der Waals surface area contributed by atoms with Crippen LogP contribution in [0, 0.1) is 12.8 Å². The van der Waals surface area contributed by atoms with Crippen LogP contribution in [0.5, 0.6) is 0 Å². The fourth-order valence-corrected chi connectivity index (χ4v) is 4.30. The number of aryl methyl sites for hydroxylation is 1. The van der Waals surface area contributed by atoms with Gasteiger partial charge in [0.1, 0.15) is 0 Å². The highest BCUT2D eigenvalue weighted by Crippen LogP contribution is 2.21. The number of fused-ring (bicyclic) bond motifs is 1. The lowest BCUT2D eigenvalue weighted by atomic mass is 9.98. The number of thiophene rings is 1. The van der Waals surface area contributed by atoms with Crippen LogP contribution >= 0.6 is 11.3 Å². The van der Waals surface area contributed by atoms with E-state index in [0.29, 0.717) is 34.6 Å². The number of aromatic nitrogens is 2. The number of amides is 1. The zero-order valence-electron chi connectivity index (χ0n) is 15.6. The van der Waals surface area contributed by atoms with E-state index in [1.165, 1.54) is 0 Å². The molecule has 1 fully saturated rings. The summed E-state index contributed by atoms with van der Waals surface area (Å²) in [5.74, 6) is 0.649. The van der Waals surface area contributed by atoms with Crippen molar-refractivity contribution in [2.45, 2.75) is 33.2 Å². The fourth-order valence-electron chi connectivity index (χ4n) is 3.60. The molecular weight excluding hydrogens is 358 g/mol. The van der Waals surface area contributed by atoms with Crippen molar-refractivity contribution in [2.24, 2.45) is 5.92 Å². The van der Waals surface area contributed by atoms with E-state index in [0.717, 1.165) is 30.8 Å². The summed E-state index contributed by atoms with van der Waals surface area (Å²) < 4.78 is 1.68. The number of carbonyl (C=O) groups is 1. The monoisotopic (exact) mass is 381 g/mol. The predicted molar refractivity (Wildman–Crippen MR) is 108 cm³/mol. The summed E-state index contributed by atoms with van der Waals surface area (Å²) in [4.78, 5) is 33.5. The van der Waals surface area contributed by atoms with Crippen LogP contribution in [0.25, 0.3) is 10.9 Å². The third kappa shape index (κ3) is 3.54. The van der Waals surface area contributed by atoms with Gasteiger partial charge < -0.3 is 9.47 Å². The third-order valence-corrected chi connectivity index (χ3v) is 6.21. The van der Waals surface area contributed by atoms with Gasteiger partial charge in [-0.25, -0.2) is 0 Å². The van der Waals surface area contributed by atoms with Crippen LogP contribution in [0.15, 0.2) is 40.6 Å². The molecule has 0 N–H and O–H groups in total. The minimum Gasteiger partial charge on any atom is -0.339 e. The van der Waals surface area contributed by atoms with Gasteiger partial charge in [0.15, 0.2) is 0 Å². The number of piperidine rings is 1. The molecule has 3 aromatic heterocycles. The summed E-state index contributed by atoms with van der Waals surface area (Å²) in [6.07, 6.45) is 3.84. The lowest BCUT2D eigenvalue weighted by molar-refractivity contribution is 0.0696. The average molecular weight is 382 g/mol. The highest BCUT2D eigenvalue weighted by atomic mass is 32.1. The maximum atomic E-state index is 13.0. The van der Waals surface area contributed by atoms with Crippen molar-refractivity contribution in [1.29, 1.82) is 0 Å². The molecule has 27 heavy (non-hydrogen) atoms. The first kappa shape index (κ1) is 17.9. The van der Waals surface area contributed by atoms with E-state index in [1.807, 2.05) is 35.4 Å². The Morgan fingerprint density at radius 3 is 2.78 bits per heavy atom. The first-order valence-electron chi connectivity index (χ1n) is 9.35. The molecule has 0 saturated carbocycles. The first-order chi connectivity index (χ1) is 13.0. The quantitative estimate of drug-likeness (QED) is 0.695. The van der Waals surface area contributed by atoms with Crippen molar-refractivity contribution < 1.29 is 4.79 Å². The van der Waals surface area contributed by atoms with Gasteiger partial charge in [-0.1, -0.05) is 13.0 Å². The van der Waals surface area contributed by atoms with E-state index in [1.54, 1.807) is 28.2 Å². The van der Waals surface area contributed by atoms with E-state index < -0.39 is 0 Å². The summed E-state index contributed by atoms with van der Waals surface area (Å²) in [6.45, 7) is 6.15. The SMILES string of the molecule is Cc1nc2ccn(Cc3cccs3)c(=O)c2cc1C(=O)N1CCC(C)CC1. The molecule has 3 aromatic rings. The molecule has 0 aliphatic carbocycles. The van der Waals surface area contributed by atoms with Crippen LogP contribution in [0.3, 0.4) is 0 Å². The Kier molecular flexibility index (Phi) is 4.83. The Morgan fingerprint density at radius 2 is 2.07 bits per heavy atom. The number of carbonyl (C=O) groups excluding carboxylic acids is 1. The number of nitrogens with zero attached hydrogens (tertiary/aromatic N) is 3. The number of rotatable bonds is 3. The molecule has 0 spiro atoms. The Balaban J connectivity index is 1.71. The molecule has 5 nitrogen and oxygen atoms in total. The lowest BCUT2D eigenvalue weighted by Gasteiger charge is -2.30. The van der Waals surface area contributed by atoms with E-state index in [9.17, 15) is 9.59 Å². The maximum absolute atomic E-state index is 13.0. The Labute approximate surface area is 162 Å². The highest BCUT2D eigenvalue weighted by Gasteiger charge is 2.23. The van der Waals surface area contributed by atoms with Crippen LogP contribution in [0.4, 0.5) is 0 Å². The second kappa shape index (κ2) is 7.27. The Bertz CT molecular complexity index is 1030. The summed E-state index contributed by atoms with van der Waals surface area (Å²) in [6, 6.07) is 7.59. The van der Waals surface area contributed by atoms with Gasteiger partial charge in [-0.2, -0.15) is 0 Å². The molecule has 1 amide bonds. The van der Waals surface area contributed by atoms with Crippen LogP contribution in [0.2, 0.25) is 0 Å². The van der Waals surface area contributed by atoms with E-state index in [2.05, 4.69) is 11.9 Å². The molecule has 1 saturated heterocycles. The molecular formula is C21H23N3O2S. The zero-order valence-corrected chi connectivity index (χ0v) is 16.5. The largest absolute Gasteiger partial charge is 0.339 e. The lowest BCUT2D eigenvalue weighted by Crippen LogP contribution is -2.38. The van der Waals surface area contributed by atoms with Crippen LogP contribution in [-0.4, -0.2) is 33.4 Å². The van der Waals surface area contributed by atoms with Crippen LogP contribution < -0.4 is 5.56 Å². The molecule has 0 bridgehead atoms. The Morgan fingerprint density at radius 1 is 1.30 bits per heavy atom. The normalized spacial score (nSPS) is 15.4. The van der Waals surface area contributed by atoms with Crippen molar-refractivity contribution in [2.75, 3.05) is 13.1 Å². The molecule has 0 radical (unpaired) electrons. The van der Waals surface area contributed by atoms with Gasteiger partial charge in [0.05, 0.1) is 28.7 Å². The molecule has 6 heteroatoms. The van der Waals surface area contributed by atoms with Gasteiger partial charge in [-0.3, -0.25) is 14.6 Å². The van der Waals surface area contributed by atoms with Crippen LogP contribution in [-0.2, 0) is 6.54 Å². The molecule has 0 atom stereocenters.